The highest BCUT2D eigenvalue weighted by atomic mass is 16.7. The summed E-state index contributed by atoms with van der Waals surface area (Å²) in [7, 11) is 0. The van der Waals surface area contributed by atoms with Gasteiger partial charge in [0, 0.05) is 12.8 Å². The first-order valence-corrected chi connectivity index (χ1v) is 19.0. The third-order valence-electron chi connectivity index (χ3n) is 9.92. The molecule has 0 unspecified atom stereocenters. The van der Waals surface area contributed by atoms with E-state index in [0.29, 0.717) is 12.8 Å². The molecule has 0 aliphatic heterocycles. The average molecular weight is 615 g/mol. The Morgan fingerprint density at radius 3 is 0.442 bits per heavy atom. The molecule has 1 saturated carbocycles. The first-order chi connectivity index (χ1) is 20.7. The van der Waals surface area contributed by atoms with Gasteiger partial charge in [-0.2, -0.15) is 0 Å². The van der Waals surface area contributed by atoms with Crippen LogP contribution in [0.2, 0.25) is 0 Å². The maximum Gasteiger partial charge on any atom is 0.274 e. The largest absolute Gasteiger partial charge is 0.361 e. The number of hydrogen-bond acceptors (Lipinski definition) is 6. The second-order valence-electron chi connectivity index (χ2n) is 14.1. The SMILES string of the molecule is OC1(O)CCCCCCCCCCCCCCCCCCCCCCCCCCCCCCCCCCC(O)(O)C1(O)O. The molecule has 0 bridgehead atoms. The van der Waals surface area contributed by atoms with Gasteiger partial charge in [-0.1, -0.05) is 193 Å². The molecular formula is C37H74O6. The Morgan fingerprint density at radius 2 is 0.302 bits per heavy atom. The summed E-state index contributed by atoms with van der Waals surface area (Å²) in [6.07, 6.45) is 38.0. The van der Waals surface area contributed by atoms with Gasteiger partial charge in [0.2, 0.25) is 11.6 Å². The van der Waals surface area contributed by atoms with Crippen LogP contribution < -0.4 is 0 Å². The Hall–Kier alpha value is -0.240. The third kappa shape index (κ3) is 20.5. The summed E-state index contributed by atoms with van der Waals surface area (Å²) in [5, 5.41) is 62.1. The van der Waals surface area contributed by atoms with Crippen molar-refractivity contribution < 1.29 is 30.6 Å². The lowest BCUT2D eigenvalue weighted by Gasteiger charge is -2.43. The minimum absolute atomic E-state index is 0.317. The highest BCUT2D eigenvalue weighted by Gasteiger charge is 2.60. The van der Waals surface area contributed by atoms with Gasteiger partial charge in [-0.25, -0.2) is 0 Å². The van der Waals surface area contributed by atoms with Crippen LogP contribution in [0.1, 0.15) is 218 Å². The van der Waals surface area contributed by atoms with Crippen LogP contribution in [0, 0.1) is 0 Å². The first kappa shape index (κ1) is 40.8. The van der Waals surface area contributed by atoms with E-state index in [1.165, 1.54) is 154 Å². The van der Waals surface area contributed by atoms with E-state index in [1.807, 2.05) is 0 Å². The maximum absolute atomic E-state index is 10.4. The average Bonchev–Trinajstić information content (AvgIpc) is 2.96. The van der Waals surface area contributed by atoms with Crippen LogP contribution in [0.4, 0.5) is 0 Å². The molecule has 0 saturated heterocycles. The third-order valence-corrected chi connectivity index (χ3v) is 9.92. The summed E-state index contributed by atoms with van der Waals surface area (Å²) in [5.41, 5.74) is 0. The zero-order valence-electron chi connectivity index (χ0n) is 28.2. The van der Waals surface area contributed by atoms with Crippen LogP contribution in [0.25, 0.3) is 0 Å². The fourth-order valence-electron chi connectivity index (χ4n) is 6.72. The van der Waals surface area contributed by atoms with Crippen molar-refractivity contribution in [2.75, 3.05) is 0 Å². The van der Waals surface area contributed by atoms with Gasteiger partial charge in [-0.15, -0.1) is 0 Å². The van der Waals surface area contributed by atoms with Gasteiger partial charge >= 0.3 is 0 Å². The van der Waals surface area contributed by atoms with Crippen LogP contribution in [-0.4, -0.2) is 48.0 Å². The highest BCUT2D eigenvalue weighted by molar-refractivity contribution is 4.93. The molecule has 1 rings (SSSR count). The first-order valence-electron chi connectivity index (χ1n) is 19.0. The van der Waals surface area contributed by atoms with Gasteiger partial charge in [0.05, 0.1) is 0 Å². The van der Waals surface area contributed by atoms with E-state index in [2.05, 4.69) is 0 Å². The monoisotopic (exact) mass is 615 g/mol. The highest BCUT2D eigenvalue weighted by Crippen LogP contribution is 2.35. The molecule has 258 valence electrons. The molecule has 6 N–H and O–H groups in total. The van der Waals surface area contributed by atoms with Crippen molar-refractivity contribution in [2.45, 2.75) is 236 Å². The summed E-state index contributed by atoms with van der Waals surface area (Å²) in [5.74, 6) is -9.37. The second kappa shape index (κ2) is 25.9. The lowest BCUT2D eigenvalue weighted by Crippen LogP contribution is -2.68. The van der Waals surface area contributed by atoms with Crippen molar-refractivity contribution in [1.82, 2.24) is 0 Å². The minimum atomic E-state index is -3.41. The van der Waals surface area contributed by atoms with E-state index >= 15 is 0 Å². The van der Waals surface area contributed by atoms with Crippen LogP contribution in [0.3, 0.4) is 0 Å². The van der Waals surface area contributed by atoms with Crippen molar-refractivity contribution in [3.05, 3.63) is 0 Å². The quantitative estimate of drug-likeness (QED) is 0.151. The summed E-state index contributed by atoms with van der Waals surface area (Å²) in [6, 6.07) is 0. The van der Waals surface area contributed by atoms with Crippen molar-refractivity contribution in [3.63, 3.8) is 0 Å². The van der Waals surface area contributed by atoms with Crippen molar-refractivity contribution >= 4 is 0 Å². The Kier molecular flexibility index (Phi) is 24.6. The van der Waals surface area contributed by atoms with E-state index in [-0.39, 0.29) is 12.8 Å². The Bertz CT molecular complexity index is 556. The number of aliphatic hydroxyl groups is 6. The Balaban J connectivity index is 2.33. The van der Waals surface area contributed by atoms with Crippen molar-refractivity contribution in [1.29, 1.82) is 0 Å². The molecule has 6 nitrogen and oxygen atoms in total. The van der Waals surface area contributed by atoms with Crippen LogP contribution in [-0.2, 0) is 0 Å². The topological polar surface area (TPSA) is 121 Å². The Morgan fingerprint density at radius 1 is 0.186 bits per heavy atom. The summed E-state index contributed by atoms with van der Waals surface area (Å²) < 4.78 is 0. The molecule has 0 aromatic carbocycles. The minimum Gasteiger partial charge on any atom is -0.361 e. The number of hydrogen-bond donors (Lipinski definition) is 6. The standard InChI is InChI=1S/C37H74O6/c38-35(39)33-31-29-27-25-23-21-19-17-15-13-11-9-7-5-3-1-2-4-6-8-10-12-14-16-18-20-22-24-26-28-30-32-34-36(40,41)37(35,42)43/h38-43H,1-34H2. The molecular weight excluding hydrogens is 540 g/mol. The fourth-order valence-corrected chi connectivity index (χ4v) is 6.72. The molecule has 43 heavy (non-hydrogen) atoms. The van der Waals surface area contributed by atoms with E-state index in [9.17, 15) is 30.6 Å². The van der Waals surface area contributed by atoms with E-state index in [0.717, 1.165) is 38.5 Å². The van der Waals surface area contributed by atoms with Gasteiger partial charge in [0.1, 0.15) is 0 Å². The molecule has 0 atom stereocenters. The van der Waals surface area contributed by atoms with Crippen molar-refractivity contribution in [3.8, 4) is 0 Å². The summed E-state index contributed by atoms with van der Waals surface area (Å²) >= 11 is 0. The van der Waals surface area contributed by atoms with E-state index in [4.69, 9.17) is 0 Å². The van der Waals surface area contributed by atoms with Gasteiger partial charge < -0.3 is 30.6 Å². The summed E-state index contributed by atoms with van der Waals surface area (Å²) in [4.78, 5) is 0. The second-order valence-corrected chi connectivity index (χ2v) is 14.1. The molecule has 1 aliphatic rings. The zero-order valence-corrected chi connectivity index (χ0v) is 28.2. The molecule has 0 spiro atoms. The smallest absolute Gasteiger partial charge is 0.274 e. The Labute approximate surface area is 266 Å². The van der Waals surface area contributed by atoms with Crippen LogP contribution >= 0.6 is 0 Å². The molecule has 6 heteroatoms. The molecule has 0 amide bonds. The van der Waals surface area contributed by atoms with E-state index in [1.54, 1.807) is 0 Å². The molecule has 0 heterocycles. The molecule has 1 fully saturated rings. The molecule has 0 aromatic heterocycles. The lowest BCUT2D eigenvalue weighted by molar-refractivity contribution is -0.454. The fraction of sp³-hybridized carbons (Fsp3) is 1.00. The van der Waals surface area contributed by atoms with Gasteiger partial charge in [0.25, 0.3) is 5.79 Å². The van der Waals surface area contributed by atoms with E-state index < -0.39 is 17.4 Å². The normalized spacial score (nSPS) is 26.1. The predicted molar refractivity (Wildman–Crippen MR) is 178 cm³/mol. The predicted octanol–water partition coefficient (Wildman–Crippen LogP) is 9.31. The van der Waals surface area contributed by atoms with Crippen molar-refractivity contribution in [2.24, 2.45) is 0 Å². The summed E-state index contributed by atoms with van der Waals surface area (Å²) in [6.45, 7) is 0. The lowest BCUT2D eigenvalue weighted by atomic mass is 9.88. The van der Waals surface area contributed by atoms with Gasteiger partial charge in [-0.3, -0.25) is 0 Å². The van der Waals surface area contributed by atoms with Gasteiger partial charge in [-0.05, 0) is 12.8 Å². The number of rotatable bonds is 0. The molecule has 1 aliphatic carbocycles. The zero-order chi connectivity index (χ0) is 31.5. The molecule has 0 radical (unpaired) electrons. The van der Waals surface area contributed by atoms with Gasteiger partial charge in [0.15, 0.2) is 0 Å². The van der Waals surface area contributed by atoms with Crippen LogP contribution in [0.5, 0.6) is 0 Å². The van der Waals surface area contributed by atoms with Crippen LogP contribution in [0.15, 0.2) is 0 Å². The maximum atomic E-state index is 10.4. The molecule has 0 aromatic rings.